The number of carbonyl (C=O) groups excluding carboxylic acids is 1. The van der Waals surface area contributed by atoms with Gasteiger partial charge in [-0.1, -0.05) is 35.3 Å². The van der Waals surface area contributed by atoms with E-state index in [0.29, 0.717) is 40.7 Å². The molecule has 1 amide bonds. The molecule has 1 aromatic heterocycles. The van der Waals surface area contributed by atoms with Crippen molar-refractivity contribution in [3.8, 4) is 5.75 Å². The molecule has 0 radical (unpaired) electrons. The average molecular weight is 597 g/mol. The van der Waals surface area contributed by atoms with Gasteiger partial charge in [0.05, 0.1) is 54.6 Å². The smallest absolute Gasteiger partial charge is 0.255 e. The molecular formula is C27H31Cl2N3O6S. The van der Waals surface area contributed by atoms with Crippen LogP contribution in [0.3, 0.4) is 0 Å². The Balaban J connectivity index is 1.67. The van der Waals surface area contributed by atoms with Gasteiger partial charge in [0, 0.05) is 31.8 Å². The third-order valence-electron chi connectivity index (χ3n) is 6.44. The van der Waals surface area contributed by atoms with E-state index >= 15 is 0 Å². The van der Waals surface area contributed by atoms with Crippen molar-refractivity contribution >= 4 is 38.9 Å². The van der Waals surface area contributed by atoms with Gasteiger partial charge >= 0.3 is 0 Å². The van der Waals surface area contributed by atoms with E-state index in [4.69, 9.17) is 37.4 Å². The maximum absolute atomic E-state index is 13.7. The Kier molecular flexibility index (Phi) is 9.90. The van der Waals surface area contributed by atoms with Gasteiger partial charge in [0.25, 0.3) is 5.91 Å². The predicted molar refractivity (Wildman–Crippen MR) is 148 cm³/mol. The van der Waals surface area contributed by atoms with Crippen LogP contribution in [0.1, 0.15) is 34.5 Å². The molecule has 0 bridgehead atoms. The van der Waals surface area contributed by atoms with Crippen LogP contribution in [-0.2, 0) is 38.2 Å². The molecule has 12 heteroatoms. The van der Waals surface area contributed by atoms with Gasteiger partial charge in [-0.15, -0.1) is 0 Å². The van der Waals surface area contributed by atoms with Crippen molar-refractivity contribution in [2.24, 2.45) is 0 Å². The number of aromatic nitrogens is 2. The minimum atomic E-state index is -3.84. The van der Waals surface area contributed by atoms with Crippen molar-refractivity contribution < 1.29 is 27.4 Å². The van der Waals surface area contributed by atoms with E-state index in [1.165, 1.54) is 26.5 Å². The summed E-state index contributed by atoms with van der Waals surface area (Å²) in [6.07, 6.45) is 3.09. The fourth-order valence-electron chi connectivity index (χ4n) is 4.52. The van der Waals surface area contributed by atoms with Gasteiger partial charge in [-0.3, -0.25) is 4.79 Å². The molecule has 3 aromatic rings. The molecule has 2 aromatic carbocycles. The maximum atomic E-state index is 13.7. The summed E-state index contributed by atoms with van der Waals surface area (Å²) in [7, 11) is -0.779. The quantitative estimate of drug-likeness (QED) is 0.300. The topological polar surface area (TPSA) is 100.0 Å². The lowest BCUT2D eigenvalue weighted by atomic mass is 10.1. The van der Waals surface area contributed by atoms with Gasteiger partial charge < -0.3 is 23.7 Å². The molecule has 210 valence electrons. The van der Waals surface area contributed by atoms with Crippen molar-refractivity contribution in [1.29, 1.82) is 0 Å². The molecule has 0 saturated carbocycles. The average Bonchev–Trinajstić information content (AvgIpc) is 3.57. The van der Waals surface area contributed by atoms with E-state index in [1.807, 2.05) is 0 Å². The zero-order valence-electron chi connectivity index (χ0n) is 21.8. The lowest BCUT2D eigenvalue weighted by Crippen LogP contribution is -2.37. The van der Waals surface area contributed by atoms with E-state index < -0.39 is 9.84 Å². The number of benzene rings is 2. The van der Waals surface area contributed by atoms with Crippen LogP contribution in [0.5, 0.6) is 5.75 Å². The summed E-state index contributed by atoms with van der Waals surface area (Å²) in [5.41, 5.74) is 1.42. The Hall–Kier alpha value is -2.63. The number of methoxy groups -OCH3 is 2. The van der Waals surface area contributed by atoms with Crippen molar-refractivity contribution in [2.45, 2.75) is 42.9 Å². The van der Waals surface area contributed by atoms with Crippen LogP contribution in [0.15, 0.2) is 53.8 Å². The van der Waals surface area contributed by atoms with Gasteiger partial charge in [-0.2, -0.15) is 0 Å². The second-order valence-electron chi connectivity index (χ2n) is 9.23. The van der Waals surface area contributed by atoms with Gasteiger partial charge in [0.2, 0.25) is 15.0 Å². The molecule has 1 saturated heterocycles. The Labute approximate surface area is 238 Å². The fraction of sp³-hybridized carbons (Fsp3) is 0.407. The number of hydrogen-bond acceptors (Lipinski definition) is 7. The zero-order valence-corrected chi connectivity index (χ0v) is 24.1. The monoisotopic (exact) mass is 595 g/mol. The molecule has 0 aliphatic carbocycles. The molecule has 4 rings (SSSR count). The number of amides is 1. The maximum Gasteiger partial charge on any atom is 0.255 e. The molecule has 1 unspecified atom stereocenters. The highest BCUT2D eigenvalue weighted by molar-refractivity contribution is 7.90. The lowest BCUT2D eigenvalue weighted by molar-refractivity contribution is 0.0500. The number of halogens is 2. The minimum absolute atomic E-state index is 0.0913. The Morgan fingerprint density at radius 3 is 2.72 bits per heavy atom. The third kappa shape index (κ3) is 7.32. The van der Waals surface area contributed by atoms with Crippen LogP contribution >= 0.6 is 23.2 Å². The van der Waals surface area contributed by atoms with Gasteiger partial charge in [-0.25, -0.2) is 13.4 Å². The molecule has 1 aliphatic heterocycles. The van der Waals surface area contributed by atoms with E-state index in [2.05, 4.69) is 4.98 Å². The van der Waals surface area contributed by atoms with Crippen LogP contribution in [0.2, 0.25) is 10.0 Å². The van der Waals surface area contributed by atoms with Crippen LogP contribution < -0.4 is 4.74 Å². The number of sulfone groups is 1. The van der Waals surface area contributed by atoms with Crippen LogP contribution in [-0.4, -0.2) is 68.9 Å². The summed E-state index contributed by atoms with van der Waals surface area (Å²) in [5, 5.41) is 0.566. The fourth-order valence-corrected chi connectivity index (χ4v) is 6.51. The van der Waals surface area contributed by atoms with Crippen molar-refractivity contribution in [3.05, 3.63) is 75.5 Å². The SMILES string of the molecule is COCCn1c(CN(CC2CCCO2)C(=O)c2ccc(Cl)cc2Cl)cnc1S(=O)(=O)Cc1cccc(OC)c1. The molecular weight excluding hydrogens is 565 g/mol. The van der Waals surface area contributed by atoms with Crippen LogP contribution in [0, 0.1) is 0 Å². The van der Waals surface area contributed by atoms with E-state index in [9.17, 15) is 13.2 Å². The first-order valence-electron chi connectivity index (χ1n) is 12.5. The number of imidazole rings is 1. The Bertz CT molecular complexity index is 1410. The highest BCUT2D eigenvalue weighted by Crippen LogP contribution is 2.26. The summed E-state index contributed by atoms with van der Waals surface area (Å²) < 4.78 is 44.9. The van der Waals surface area contributed by atoms with Gasteiger partial charge in [-0.05, 0) is 48.7 Å². The summed E-state index contributed by atoms with van der Waals surface area (Å²) in [6, 6.07) is 11.6. The number of hydrogen-bond donors (Lipinski definition) is 0. The zero-order chi connectivity index (χ0) is 28.0. The standard InChI is InChI=1S/C27H31Cl2N3O6S/c1-36-12-10-32-21(15-30-27(32)39(34,35)18-19-5-3-6-22(13-19)37-2)16-31(17-23-7-4-11-38-23)26(33)24-9-8-20(28)14-25(24)29/h3,5-6,8-9,13-15,23H,4,7,10-12,16-18H2,1-2H3. The molecule has 2 heterocycles. The van der Waals surface area contributed by atoms with E-state index in [1.54, 1.807) is 45.9 Å². The number of nitrogens with zero attached hydrogens (tertiary/aromatic N) is 3. The summed E-state index contributed by atoms with van der Waals surface area (Å²) >= 11 is 12.4. The van der Waals surface area contributed by atoms with Crippen LogP contribution in [0.4, 0.5) is 0 Å². The van der Waals surface area contributed by atoms with Crippen molar-refractivity contribution in [1.82, 2.24) is 14.5 Å². The first kappa shape index (κ1) is 29.4. The highest BCUT2D eigenvalue weighted by atomic mass is 35.5. The largest absolute Gasteiger partial charge is 0.497 e. The third-order valence-corrected chi connectivity index (χ3v) is 8.58. The first-order chi connectivity index (χ1) is 18.7. The molecule has 1 aliphatic rings. The first-order valence-corrected chi connectivity index (χ1v) is 14.9. The molecule has 0 N–H and O–H groups in total. The number of ether oxygens (including phenoxy) is 3. The predicted octanol–water partition coefficient (Wildman–Crippen LogP) is 4.64. The normalized spacial score (nSPS) is 15.4. The minimum Gasteiger partial charge on any atom is -0.497 e. The van der Waals surface area contributed by atoms with E-state index in [0.717, 1.165) is 12.8 Å². The highest BCUT2D eigenvalue weighted by Gasteiger charge is 2.29. The number of carbonyl (C=O) groups is 1. The van der Waals surface area contributed by atoms with Gasteiger partial charge in [0.15, 0.2) is 0 Å². The Morgan fingerprint density at radius 2 is 2.03 bits per heavy atom. The second-order valence-corrected chi connectivity index (χ2v) is 12.0. The molecule has 39 heavy (non-hydrogen) atoms. The van der Waals surface area contributed by atoms with Crippen molar-refractivity contribution in [3.63, 3.8) is 0 Å². The Morgan fingerprint density at radius 1 is 1.21 bits per heavy atom. The van der Waals surface area contributed by atoms with Gasteiger partial charge in [0.1, 0.15) is 5.75 Å². The second kappa shape index (κ2) is 13.1. The summed E-state index contributed by atoms with van der Waals surface area (Å²) in [6.45, 7) is 1.55. The summed E-state index contributed by atoms with van der Waals surface area (Å²) in [4.78, 5) is 19.6. The summed E-state index contributed by atoms with van der Waals surface area (Å²) in [5.74, 6) is -0.00486. The molecule has 1 fully saturated rings. The molecule has 0 spiro atoms. The van der Waals surface area contributed by atoms with E-state index in [-0.39, 0.29) is 47.6 Å². The lowest BCUT2D eigenvalue weighted by Gasteiger charge is -2.26. The van der Waals surface area contributed by atoms with Crippen LogP contribution in [0.25, 0.3) is 0 Å². The molecule has 1 atom stereocenters. The molecule has 9 nitrogen and oxygen atoms in total. The number of rotatable bonds is 12. The van der Waals surface area contributed by atoms with Crippen molar-refractivity contribution in [2.75, 3.05) is 34.0 Å².